The van der Waals surface area contributed by atoms with E-state index in [1.807, 2.05) is 18.2 Å². The van der Waals surface area contributed by atoms with Gasteiger partial charge in [-0.3, -0.25) is 0 Å². The molecule has 1 nitrogen and oxygen atoms in total. The maximum atomic E-state index is 13.0. The van der Waals surface area contributed by atoms with Gasteiger partial charge in [-0.05, 0) is 45.1 Å². The second-order valence-corrected chi connectivity index (χ2v) is 13.6. The number of rotatable bonds is 7. The molecular weight excluding hydrogens is 440 g/mol. The summed E-state index contributed by atoms with van der Waals surface area (Å²) in [5, 5.41) is 17.8. The molecule has 1 N–H and O–H groups in total. The Balaban J connectivity index is 1.84. The SMILES string of the molecule is C=C(C(O)(c1ccccc1)C1CCCCC1)[Si](c1ccccc1)(c1ccccc1)c1ccccc1. The molecule has 1 saturated carbocycles. The fraction of sp³-hybridized carbons (Fsp3) is 0.212. The maximum absolute atomic E-state index is 13.0. The van der Waals surface area contributed by atoms with Crippen molar-refractivity contribution in [3.8, 4) is 0 Å². The van der Waals surface area contributed by atoms with Crippen LogP contribution in [-0.4, -0.2) is 13.2 Å². The largest absolute Gasteiger partial charge is 0.381 e. The Morgan fingerprint density at radius 2 is 0.971 bits per heavy atom. The van der Waals surface area contributed by atoms with Crippen LogP contribution in [0.2, 0.25) is 0 Å². The fourth-order valence-electron chi connectivity index (χ4n) is 6.24. The van der Waals surface area contributed by atoms with Gasteiger partial charge in [0.05, 0.1) is 0 Å². The highest BCUT2D eigenvalue weighted by Crippen LogP contribution is 2.46. The van der Waals surface area contributed by atoms with Gasteiger partial charge in [0.15, 0.2) is 8.07 Å². The van der Waals surface area contributed by atoms with Gasteiger partial charge >= 0.3 is 0 Å². The van der Waals surface area contributed by atoms with Crippen LogP contribution in [-0.2, 0) is 5.60 Å². The summed E-state index contributed by atoms with van der Waals surface area (Å²) in [5.74, 6) is 0.147. The molecule has 1 aliphatic carbocycles. The van der Waals surface area contributed by atoms with E-state index in [-0.39, 0.29) is 5.92 Å². The molecule has 1 aliphatic rings. The predicted molar refractivity (Wildman–Crippen MR) is 150 cm³/mol. The lowest BCUT2D eigenvalue weighted by Crippen LogP contribution is -2.71. The number of aliphatic hydroxyl groups is 1. The van der Waals surface area contributed by atoms with Gasteiger partial charge in [0, 0.05) is 0 Å². The molecule has 1 unspecified atom stereocenters. The van der Waals surface area contributed by atoms with Crippen molar-refractivity contribution in [2.75, 3.05) is 0 Å². The molecule has 4 aromatic rings. The molecule has 0 saturated heterocycles. The summed E-state index contributed by atoms with van der Waals surface area (Å²) in [7, 11) is -2.87. The minimum absolute atomic E-state index is 0.147. The number of hydrogen-bond acceptors (Lipinski definition) is 1. The first-order valence-electron chi connectivity index (χ1n) is 12.8. The first kappa shape index (κ1) is 23.5. The van der Waals surface area contributed by atoms with E-state index in [4.69, 9.17) is 6.58 Å². The fourth-order valence-corrected chi connectivity index (χ4v) is 11.3. The lowest BCUT2D eigenvalue weighted by atomic mass is 9.73. The molecular formula is C33H34OSi. The Morgan fingerprint density at radius 3 is 1.37 bits per heavy atom. The van der Waals surface area contributed by atoms with Gasteiger partial charge in [-0.2, -0.15) is 0 Å². The Hall–Kier alpha value is -3.20. The van der Waals surface area contributed by atoms with Crippen molar-refractivity contribution in [2.45, 2.75) is 37.7 Å². The van der Waals surface area contributed by atoms with Gasteiger partial charge in [0.1, 0.15) is 5.60 Å². The van der Waals surface area contributed by atoms with Gasteiger partial charge in [-0.1, -0.05) is 147 Å². The van der Waals surface area contributed by atoms with E-state index in [1.54, 1.807) is 0 Å². The summed E-state index contributed by atoms with van der Waals surface area (Å²) in [6.45, 7) is 4.89. The second-order valence-electron chi connectivity index (χ2n) is 9.79. The van der Waals surface area contributed by atoms with Gasteiger partial charge in [0.2, 0.25) is 0 Å². The third-order valence-corrected chi connectivity index (χ3v) is 12.8. The quantitative estimate of drug-likeness (QED) is 0.268. The average Bonchev–Trinajstić information content (AvgIpc) is 2.96. The first-order valence-corrected chi connectivity index (χ1v) is 14.8. The summed E-state index contributed by atoms with van der Waals surface area (Å²) in [5.41, 5.74) is -0.147. The highest BCUT2D eigenvalue weighted by atomic mass is 28.3. The number of benzene rings is 4. The molecule has 0 aromatic heterocycles. The van der Waals surface area contributed by atoms with Crippen LogP contribution >= 0.6 is 0 Å². The van der Waals surface area contributed by atoms with Crippen molar-refractivity contribution >= 4 is 23.6 Å². The van der Waals surface area contributed by atoms with Gasteiger partial charge in [-0.15, -0.1) is 0 Å². The van der Waals surface area contributed by atoms with E-state index in [2.05, 4.69) is 103 Å². The van der Waals surface area contributed by atoms with Crippen LogP contribution in [0.3, 0.4) is 0 Å². The highest BCUT2D eigenvalue weighted by Gasteiger charge is 2.53. The molecule has 0 aliphatic heterocycles. The zero-order valence-corrected chi connectivity index (χ0v) is 21.3. The lowest BCUT2D eigenvalue weighted by Gasteiger charge is -2.48. The molecule has 0 amide bonds. The molecule has 0 radical (unpaired) electrons. The van der Waals surface area contributed by atoms with Gasteiger partial charge < -0.3 is 5.11 Å². The normalized spacial score (nSPS) is 16.4. The van der Waals surface area contributed by atoms with E-state index in [0.29, 0.717) is 0 Å². The van der Waals surface area contributed by atoms with E-state index < -0.39 is 13.7 Å². The number of hydrogen-bond donors (Lipinski definition) is 1. The molecule has 1 fully saturated rings. The van der Waals surface area contributed by atoms with E-state index in [1.165, 1.54) is 22.0 Å². The molecule has 176 valence electrons. The van der Waals surface area contributed by atoms with Crippen molar-refractivity contribution in [1.29, 1.82) is 0 Å². The molecule has 0 bridgehead atoms. The average molecular weight is 475 g/mol. The van der Waals surface area contributed by atoms with Crippen LogP contribution in [0.4, 0.5) is 0 Å². The molecule has 2 heteroatoms. The van der Waals surface area contributed by atoms with Gasteiger partial charge in [0.25, 0.3) is 0 Å². The Bertz CT molecular complexity index is 1130. The maximum Gasteiger partial charge on any atom is 0.178 e. The van der Waals surface area contributed by atoms with Crippen molar-refractivity contribution in [3.63, 3.8) is 0 Å². The van der Waals surface area contributed by atoms with Crippen LogP contribution in [0, 0.1) is 5.92 Å². The molecule has 0 heterocycles. The van der Waals surface area contributed by atoms with Crippen molar-refractivity contribution < 1.29 is 5.11 Å². The van der Waals surface area contributed by atoms with Crippen LogP contribution in [0.25, 0.3) is 0 Å². The van der Waals surface area contributed by atoms with Crippen LogP contribution in [0.5, 0.6) is 0 Å². The third kappa shape index (κ3) is 4.11. The summed E-state index contributed by atoms with van der Waals surface area (Å²) >= 11 is 0. The van der Waals surface area contributed by atoms with Crippen LogP contribution in [0.1, 0.15) is 37.7 Å². The monoisotopic (exact) mass is 474 g/mol. The minimum atomic E-state index is -2.87. The highest BCUT2D eigenvalue weighted by molar-refractivity contribution is 7.16. The molecule has 5 rings (SSSR count). The predicted octanol–water partition coefficient (Wildman–Crippen LogP) is 5.72. The smallest absolute Gasteiger partial charge is 0.178 e. The Labute approximate surface area is 210 Å². The minimum Gasteiger partial charge on any atom is -0.381 e. The summed E-state index contributed by atoms with van der Waals surface area (Å²) < 4.78 is 0. The van der Waals surface area contributed by atoms with Crippen molar-refractivity contribution in [1.82, 2.24) is 0 Å². The molecule has 4 aromatic carbocycles. The second kappa shape index (κ2) is 10.2. The third-order valence-electron chi connectivity index (χ3n) is 7.94. The summed E-state index contributed by atoms with van der Waals surface area (Å²) in [4.78, 5) is 0. The first-order chi connectivity index (χ1) is 17.2. The Kier molecular flexibility index (Phi) is 6.85. The van der Waals surface area contributed by atoms with Crippen molar-refractivity contribution in [3.05, 3.63) is 139 Å². The topological polar surface area (TPSA) is 20.2 Å². The zero-order valence-electron chi connectivity index (χ0n) is 20.3. The van der Waals surface area contributed by atoms with Crippen molar-refractivity contribution in [2.24, 2.45) is 5.92 Å². The lowest BCUT2D eigenvalue weighted by molar-refractivity contribution is 0.00170. The van der Waals surface area contributed by atoms with Crippen LogP contribution < -0.4 is 15.6 Å². The molecule has 35 heavy (non-hydrogen) atoms. The Morgan fingerprint density at radius 1 is 0.600 bits per heavy atom. The molecule has 1 atom stereocenters. The van der Waals surface area contributed by atoms with E-state index >= 15 is 0 Å². The standard InChI is InChI=1S/C33H34OSi/c1-27(33(34,28-17-7-2-8-18-28)29-19-9-3-10-20-29)35(30-21-11-4-12-22-30,31-23-13-5-14-24-31)32-25-15-6-16-26-32/h2,4-8,11-18,21-26,29,34H,1,3,9-10,19-20H2. The zero-order chi connectivity index (χ0) is 24.1. The van der Waals surface area contributed by atoms with Crippen LogP contribution in [0.15, 0.2) is 133 Å². The van der Waals surface area contributed by atoms with Gasteiger partial charge in [-0.25, -0.2) is 0 Å². The summed E-state index contributed by atoms with van der Waals surface area (Å²) in [6, 6.07) is 42.7. The van der Waals surface area contributed by atoms with E-state index in [9.17, 15) is 5.11 Å². The molecule has 0 spiro atoms. The summed E-state index contributed by atoms with van der Waals surface area (Å²) in [6.07, 6.45) is 5.60. The van der Waals surface area contributed by atoms with E-state index in [0.717, 1.165) is 36.4 Å².